The van der Waals surface area contributed by atoms with E-state index in [4.69, 9.17) is 0 Å². The summed E-state index contributed by atoms with van der Waals surface area (Å²) in [6, 6.07) is 7.13. The maximum Gasteiger partial charge on any atom is 0.191 e. The molecule has 21 heavy (non-hydrogen) atoms. The second-order valence-corrected chi connectivity index (χ2v) is 5.53. The van der Waals surface area contributed by atoms with Crippen molar-refractivity contribution in [2.24, 2.45) is 10.9 Å². The third-order valence-electron chi connectivity index (χ3n) is 3.19. The zero-order valence-corrected chi connectivity index (χ0v) is 15.6. The topological polar surface area (TPSA) is 36.4 Å². The molecule has 5 heteroatoms. The van der Waals surface area contributed by atoms with E-state index in [-0.39, 0.29) is 29.8 Å². The van der Waals surface area contributed by atoms with Crippen LogP contribution in [0.4, 0.5) is 4.39 Å². The minimum absolute atomic E-state index is 0. The molecule has 2 N–H and O–H groups in total. The lowest BCUT2D eigenvalue weighted by atomic mass is 10.0. The molecule has 0 saturated heterocycles. The normalized spacial score (nSPS) is 12.8. The van der Waals surface area contributed by atoms with Crippen LogP contribution in [0.25, 0.3) is 0 Å². The largest absolute Gasteiger partial charge is 0.354 e. The second-order valence-electron chi connectivity index (χ2n) is 5.53. The van der Waals surface area contributed by atoms with Gasteiger partial charge in [-0.3, -0.25) is 4.99 Å². The van der Waals surface area contributed by atoms with Crippen LogP contribution in [0, 0.1) is 11.7 Å². The Morgan fingerprint density at radius 2 is 1.86 bits per heavy atom. The van der Waals surface area contributed by atoms with Crippen molar-refractivity contribution < 1.29 is 4.39 Å². The Bertz CT molecular complexity index is 435. The van der Waals surface area contributed by atoms with Gasteiger partial charge in [-0.1, -0.05) is 32.0 Å². The minimum Gasteiger partial charge on any atom is -0.354 e. The van der Waals surface area contributed by atoms with Gasteiger partial charge in [-0.15, -0.1) is 24.0 Å². The number of aliphatic imine (C=N–C) groups is 1. The molecule has 0 aliphatic carbocycles. The van der Waals surface area contributed by atoms with Crippen molar-refractivity contribution in [1.29, 1.82) is 0 Å². The number of halogens is 2. The van der Waals surface area contributed by atoms with Gasteiger partial charge in [0.1, 0.15) is 5.82 Å². The number of nitrogens with zero attached hydrogens (tertiary/aromatic N) is 1. The van der Waals surface area contributed by atoms with Crippen LogP contribution in [0.3, 0.4) is 0 Å². The number of hydrogen-bond acceptors (Lipinski definition) is 1. The van der Waals surface area contributed by atoms with Gasteiger partial charge in [0.25, 0.3) is 0 Å². The highest BCUT2D eigenvalue weighted by atomic mass is 127. The Kier molecular flexibility index (Phi) is 10.4. The molecule has 1 rings (SSSR count). The maximum absolute atomic E-state index is 13.5. The monoisotopic (exact) mass is 407 g/mol. The first kappa shape index (κ1) is 20.1. The molecule has 0 aromatic heterocycles. The average Bonchev–Trinajstić information content (AvgIpc) is 2.42. The first-order valence-electron chi connectivity index (χ1n) is 7.23. The van der Waals surface area contributed by atoms with E-state index >= 15 is 0 Å². The van der Waals surface area contributed by atoms with E-state index < -0.39 is 0 Å². The molecule has 1 aromatic rings. The second kappa shape index (κ2) is 10.8. The van der Waals surface area contributed by atoms with Gasteiger partial charge in [-0.25, -0.2) is 4.39 Å². The summed E-state index contributed by atoms with van der Waals surface area (Å²) >= 11 is 0. The van der Waals surface area contributed by atoms with Gasteiger partial charge in [0.05, 0.1) is 0 Å². The summed E-state index contributed by atoms with van der Waals surface area (Å²) in [5, 5.41) is 6.47. The van der Waals surface area contributed by atoms with Crippen LogP contribution in [0.1, 0.15) is 39.2 Å². The Labute approximate surface area is 144 Å². The first-order chi connectivity index (χ1) is 9.52. The van der Waals surface area contributed by atoms with Gasteiger partial charge in [-0.2, -0.15) is 0 Å². The van der Waals surface area contributed by atoms with Crippen LogP contribution >= 0.6 is 24.0 Å². The van der Waals surface area contributed by atoms with Gasteiger partial charge in [0.2, 0.25) is 0 Å². The fraction of sp³-hybridized carbons (Fsp3) is 0.562. The molecular formula is C16H27FIN3. The number of guanidine groups is 1. The Morgan fingerprint density at radius 1 is 1.19 bits per heavy atom. The molecule has 0 fully saturated rings. The predicted octanol–water partition coefficient (Wildman–Crippen LogP) is 3.93. The van der Waals surface area contributed by atoms with Crippen molar-refractivity contribution >= 4 is 29.9 Å². The van der Waals surface area contributed by atoms with E-state index in [9.17, 15) is 4.39 Å². The molecule has 1 atom stereocenters. The van der Waals surface area contributed by atoms with Gasteiger partial charge >= 0.3 is 0 Å². The van der Waals surface area contributed by atoms with Crippen molar-refractivity contribution in [3.8, 4) is 0 Å². The smallest absolute Gasteiger partial charge is 0.191 e. The molecule has 120 valence electrons. The van der Waals surface area contributed by atoms with E-state index in [0.717, 1.165) is 6.42 Å². The number of nitrogens with one attached hydrogen (secondary N) is 2. The summed E-state index contributed by atoms with van der Waals surface area (Å²) in [6.07, 6.45) is 2.27. The molecule has 0 amide bonds. The minimum atomic E-state index is -0.191. The molecule has 0 saturated carbocycles. The van der Waals surface area contributed by atoms with E-state index in [1.807, 2.05) is 6.07 Å². The molecule has 0 aliphatic rings. The van der Waals surface area contributed by atoms with Crippen LogP contribution in [0.5, 0.6) is 0 Å². The lowest BCUT2D eigenvalue weighted by molar-refractivity contribution is 0.488. The summed E-state index contributed by atoms with van der Waals surface area (Å²) < 4.78 is 13.5. The van der Waals surface area contributed by atoms with E-state index in [2.05, 4.69) is 36.4 Å². The van der Waals surface area contributed by atoms with Gasteiger partial charge in [0.15, 0.2) is 5.96 Å². The number of hydrogen-bond donors (Lipinski definition) is 2. The Hall–Kier alpha value is -0.850. The molecule has 0 radical (unpaired) electrons. The third-order valence-corrected chi connectivity index (χ3v) is 3.19. The summed E-state index contributed by atoms with van der Waals surface area (Å²) in [5.74, 6) is 1.22. The van der Waals surface area contributed by atoms with Crippen LogP contribution < -0.4 is 10.6 Å². The summed E-state index contributed by atoms with van der Waals surface area (Å²) in [4.78, 5) is 4.17. The van der Waals surface area contributed by atoms with Crippen molar-refractivity contribution in [3.05, 3.63) is 35.6 Å². The molecule has 1 unspecified atom stereocenters. The molecule has 3 nitrogen and oxygen atoms in total. The first-order valence-corrected chi connectivity index (χ1v) is 7.23. The predicted molar refractivity (Wildman–Crippen MR) is 98.7 cm³/mol. The summed E-state index contributed by atoms with van der Waals surface area (Å²) in [5.41, 5.74) is 0.644. The van der Waals surface area contributed by atoms with Crippen molar-refractivity contribution in [2.75, 3.05) is 7.05 Å². The Morgan fingerprint density at radius 3 is 2.43 bits per heavy atom. The molecule has 1 aromatic carbocycles. The summed E-state index contributed by atoms with van der Waals surface area (Å²) in [6.45, 7) is 7.01. The molecule has 0 spiro atoms. The van der Waals surface area contributed by atoms with Gasteiger partial charge < -0.3 is 10.6 Å². The lowest BCUT2D eigenvalue weighted by Gasteiger charge is -2.18. The van der Waals surface area contributed by atoms with E-state index in [1.165, 1.54) is 12.5 Å². The van der Waals surface area contributed by atoms with Gasteiger partial charge in [0, 0.05) is 25.2 Å². The highest BCUT2D eigenvalue weighted by Gasteiger charge is 2.07. The Balaban J connectivity index is 0.00000400. The zero-order valence-electron chi connectivity index (χ0n) is 13.3. The van der Waals surface area contributed by atoms with Crippen molar-refractivity contribution in [2.45, 2.75) is 46.2 Å². The van der Waals surface area contributed by atoms with Crippen molar-refractivity contribution in [1.82, 2.24) is 10.6 Å². The average molecular weight is 407 g/mol. The lowest BCUT2D eigenvalue weighted by Crippen LogP contribution is -2.42. The number of rotatable bonds is 6. The zero-order chi connectivity index (χ0) is 15.0. The van der Waals surface area contributed by atoms with Gasteiger partial charge in [-0.05, 0) is 31.7 Å². The fourth-order valence-electron chi connectivity index (χ4n) is 1.90. The van der Waals surface area contributed by atoms with Crippen LogP contribution in [0.2, 0.25) is 0 Å². The van der Waals surface area contributed by atoms with Crippen LogP contribution in [-0.4, -0.2) is 19.0 Å². The van der Waals surface area contributed by atoms with Crippen molar-refractivity contribution in [3.63, 3.8) is 0 Å². The highest BCUT2D eigenvalue weighted by molar-refractivity contribution is 14.0. The number of benzene rings is 1. The van der Waals surface area contributed by atoms with Crippen LogP contribution in [0.15, 0.2) is 29.3 Å². The molecule has 0 heterocycles. The van der Waals surface area contributed by atoms with E-state index in [1.54, 1.807) is 19.2 Å². The third kappa shape index (κ3) is 8.24. The quantitative estimate of drug-likeness (QED) is 0.426. The molecular weight excluding hydrogens is 380 g/mol. The molecule has 0 bridgehead atoms. The highest BCUT2D eigenvalue weighted by Crippen LogP contribution is 2.07. The maximum atomic E-state index is 13.5. The van der Waals surface area contributed by atoms with Crippen LogP contribution in [-0.2, 0) is 6.54 Å². The molecule has 0 aliphatic heterocycles. The standard InChI is InChI=1S/C16H26FN3.HI/c1-12(2)9-10-13(3)20-16(18-4)19-11-14-7-5-6-8-15(14)17;/h5-8,12-13H,9-11H2,1-4H3,(H2,18,19,20);1H. The fourth-order valence-corrected chi connectivity index (χ4v) is 1.90. The summed E-state index contributed by atoms with van der Waals surface area (Å²) in [7, 11) is 1.73. The van der Waals surface area contributed by atoms with E-state index in [0.29, 0.717) is 30.0 Å². The SMILES string of the molecule is CN=C(NCc1ccccc1F)NC(C)CCC(C)C.I.